The smallest absolute Gasteiger partial charge is 0.220 e. The third-order valence-electron chi connectivity index (χ3n) is 3.76. The van der Waals surface area contributed by atoms with Crippen molar-refractivity contribution in [3.63, 3.8) is 0 Å². The predicted molar refractivity (Wildman–Crippen MR) is 91.9 cm³/mol. The number of aliphatic hydroxyl groups is 1. The van der Waals surface area contributed by atoms with Crippen LogP contribution in [0.25, 0.3) is 0 Å². The third kappa shape index (κ3) is 5.60. The zero-order valence-corrected chi connectivity index (χ0v) is 14.5. The number of amides is 1. The van der Waals surface area contributed by atoms with E-state index >= 15 is 0 Å². The molecule has 1 aromatic carbocycles. The molecule has 0 bridgehead atoms. The van der Waals surface area contributed by atoms with E-state index in [1.807, 2.05) is 0 Å². The highest BCUT2D eigenvalue weighted by molar-refractivity contribution is 6.36. The molecule has 1 amide bonds. The summed E-state index contributed by atoms with van der Waals surface area (Å²) in [7, 11) is 0. The van der Waals surface area contributed by atoms with E-state index in [-0.39, 0.29) is 24.9 Å². The second-order valence-corrected chi connectivity index (χ2v) is 6.17. The molecule has 124 valence electrons. The monoisotopic (exact) mass is 366 g/mol. The average Bonchev–Trinajstić information content (AvgIpc) is 2.46. The molecule has 1 unspecified atom stereocenters. The highest BCUT2D eigenvalue weighted by atomic mass is 35.5. The van der Waals surface area contributed by atoms with Crippen molar-refractivity contribution in [3.05, 3.63) is 33.8 Å². The molecule has 1 fully saturated rings. The lowest BCUT2D eigenvalue weighted by Crippen LogP contribution is -2.33. The first-order valence-corrected chi connectivity index (χ1v) is 7.93. The summed E-state index contributed by atoms with van der Waals surface area (Å²) in [5, 5.41) is 17.0. The minimum Gasteiger partial charge on any atom is -0.386 e. The summed E-state index contributed by atoms with van der Waals surface area (Å²) >= 11 is 12.1. The first kappa shape index (κ1) is 19.5. The van der Waals surface area contributed by atoms with E-state index in [1.54, 1.807) is 18.2 Å². The Labute approximate surface area is 147 Å². The lowest BCUT2D eigenvalue weighted by atomic mass is 9.94. The standard InChI is InChI=1S/C15H20Cl2N2O2.ClH/c16-11-2-1-3-12(17)15(11)13(20)9-19-14(21)8-10-4-6-18-7-5-10;/h1-3,10,13,18,20H,4-9H2,(H,19,21);1H. The summed E-state index contributed by atoms with van der Waals surface area (Å²) in [4.78, 5) is 11.9. The van der Waals surface area contributed by atoms with Gasteiger partial charge in [0.1, 0.15) is 0 Å². The van der Waals surface area contributed by atoms with Gasteiger partial charge in [-0.05, 0) is 44.0 Å². The van der Waals surface area contributed by atoms with E-state index in [4.69, 9.17) is 23.2 Å². The van der Waals surface area contributed by atoms with Crippen LogP contribution in [0.4, 0.5) is 0 Å². The van der Waals surface area contributed by atoms with Crippen LogP contribution in [-0.4, -0.2) is 30.6 Å². The van der Waals surface area contributed by atoms with Crippen LogP contribution >= 0.6 is 35.6 Å². The van der Waals surface area contributed by atoms with Crippen molar-refractivity contribution < 1.29 is 9.90 Å². The van der Waals surface area contributed by atoms with E-state index in [1.165, 1.54) is 0 Å². The quantitative estimate of drug-likeness (QED) is 0.750. The topological polar surface area (TPSA) is 61.4 Å². The SMILES string of the molecule is Cl.O=C(CC1CCNCC1)NCC(O)c1c(Cl)cccc1Cl. The molecule has 7 heteroatoms. The summed E-state index contributed by atoms with van der Waals surface area (Å²) in [6, 6.07) is 5.06. The Bertz CT molecular complexity index is 473. The van der Waals surface area contributed by atoms with Crippen LogP contribution in [0.5, 0.6) is 0 Å². The molecule has 1 atom stereocenters. The molecule has 0 saturated carbocycles. The zero-order chi connectivity index (χ0) is 15.2. The van der Waals surface area contributed by atoms with E-state index < -0.39 is 6.10 Å². The largest absolute Gasteiger partial charge is 0.386 e. The fraction of sp³-hybridized carbons (Fsp3) is 0.533. The molecule has 0 spiro atoms. The first-order chi connectivity index (χ1) is 10.1. The zero-order valence-electron chi connectivity index (χ0n) is 12.1. The van der Waals surface area contributed by atoms with Crippen molar-refractivity contribution >= 4 is 41.5 Å². The third-order valence-corrected chi connectivity index (χ3v) is 4.42. The second kappa shape index (κ2) is 9.58. The van der Waals surface area contributed by atoms with Crippen LogP contribution in [-0.2, 0) is 4.79 Å². The molecule has 0 aliphatic carbocycles. The van der Waals surface area contributed by atoms with Gasteiger partial charge in [-0.1, -0.05) is 29.3 Å². The molecule has 3 N–H and O–H groups in total. The number of aliphatic hydroxyl groups excluding tert-OH is 1. The van der Waals surface area contributed by atoms with Crippen LogP contribution in [0.2, 0.25) is 10.0 Å². The summed E-state index contributed by atoms with van der Waals surface area (Å²) in [5.41, 5.74) is 0.461. The lowest BCUT2D eigenvalue weighted by molar-refractivity contribution is -0.122. The van der Waals surface area contributed by atoms with Gasteiger partial charge in [-0.3, -0.25) is 4.79 Å². The van der Waals surface area contributed by atoms with Gasteiger partial charge in [0.25, 0.3) is 0 Å². The molecular weight excluding hydrogens is 347 g/mol. The van der Waals surface area contributed by atoms with Gasteiger partial charge in [0.15, 0.2) is 0 Å². The molecule has 1 aliphatic heterocycles. The Hall–Kier alpha value is -0.520. The van der Waals surface area contributed by atoms with Crippen molar-refractivity contribution in [1.29, 1.82) is 0 Å². The first-order valence-electron chi connectivity index (χ1n) is 7.17. The summed E-state index contributed by atoms with van der Waals surface area (Å²) in [6.45, 7) is 2.05. The van der Waals surface area contributed by atoms with Crippen molar-refractivity contribution in [3.8, 4) is 0 Å². The maximum absolute atomic E-state index is 11.9. The number of carbonyl (C=O) groups excluding carboxylic acids is 1. The number of rotatable bonds is 5. The van der Waals surface area contributed by atoms with E-state index in [9.17, 15) is 9.90 Å². The van der Waals surface area contributed by atoms with Gasteiger partial charge in [-0.25, -0.2) is 0 Å². The van der Waals surface area contributed by atoms with Crippen LogP contribution in [0.15, 0.2) is 18.2 Å². The fourth-order valence-electron chi connectivity index (χ4n) is 2.56. The van der Waals surface area contributed by atoms with E-state index in [2.05, 4.69) is 10.6 Å². The van der Waals surface area contributed by atoms with Crippen LogP contribution in [0.3, 0.4) is 0 Å². The Kier molecular flexibility index (Phi) is 8.50. The summed E-state index contributed by atoms with van der Waals surface area (Å²) in [6.07, 6.45) is 1.65. The van der Waals surface area contributed by atoms with Gasteiger partial charge in [0.2, 0.25) is 5.91 Å². The Morgan fingerprint density at radius 1 is 1.32 bits per heavy atom. The Morgan fingerprint density at radius 2 is 1.91 bits per heavy atom. The number of piperidine rings is 1. The van der Waals surface area contributed by atoms with Gasteiger partial charge >= 0.3 is 0 Å². The molecule has 4 nitrogen and oxygen atoms in total. The summed E-state index contributed by atoms with van der Waals surface area (Å²) < 4.78 is 0. The number of halogens is 3. The van der Waals surface area contributed by atoms with Gasteiger partial charge < -0.3 is 15.7 Å². The van der Waals surface area contributed by atoms with Crippen molar-refractivity contribution in [2.24, 2.45) is 5.92 Å². The maximum Gasteiger partial charge on any atom is 0.220 e. The molecule has 1 heterocycles. The van der Waals surface area contributed by atoms with Gasteiger partial charge in [0.05, 0.1) is 6.10 Å². The highest BCUT2D eigenvalue weighted by Gasteiger charge is 2.19. The van der Waals surface area contributed by atoms with Gasteiger partial charge in [-0.15, -0.1) is 12.4 Å². The number of benzene rings is 1. The predicted octanol–water partition coefficient (Wildman–Crippen LogP) is 2.95. The highest BCUT2D eigenvalue weighted by Crippen LogP contribution is 2.29. The number of nitrogens with one attached hydrogen (secondary N) is 2. The van der Waals surface area contributed by atoms with E-state index in [0.29, 0.717) is 27.9 Å². The summed E-state index contributed by atoms with van der Waals surface area (Å²) in [5.74, 6) is 0.386. The normalized spacial score (nSPS) is 16.7. The maximum atomic E-state index is 11.9. The van der Waals surface area contributed by atoms with Gasteiger partial charge in [-0.2, -0.15) is 0 Å². The molecule has 1 aliphatic rings. The molecule has 0 radical (unpaired) electrons. The van der Waals surface area contributed by atoms with Crippen LogP contribution < -0.4 is 10.6 Å². The minimum atomic E-state index is -0.900. The average molecular weight is 368 g/mol. The second-order valence-electron chi connectivity index (χ2n) is 5.35. The number of hydrogen-bond donors (Lipinski definition) is 3. The Morgan fingerprint density at radius 3 is 2.50 bits per heavy atom. The molecule has 1 saturated heterocycles. The number of carbonyl (C=O) groups is 1. The molecule has 1 aromatic rings. The van der Waals surface area contributed by atoms with Crippen LogP contribution in [0, 0.1) is 5.92 Å². The molecule has 22 heavy (non-hydrogen) atoms. The van der Waals surface area contributed by atoms with E-state index in [0.717, 1.165) is 25.9 Å². The fourth-order valence-corrected chi connectivity index (χ4v) is 3.21. The lowest BCUT2D eigenvalue weighted by Gasteiger charge is -2.22. The Balaban J connectivity index is 0.00000242. The number of hydrogen-bond acceptors (Lipinski definition) is 3. The minimum absolute atomic E-state index is 0. The van der Waals surface area contributed by atoms with Crippen molar-refractivity contribution in [2.45, 2.75) is 25.4 Å². The van der Waals surface area contributed by atoms with Crippen LogP contribution in [0.1, 0.15) is 30.9 Å². The molecule has 0 aromatic heterocycles. The van der Waals surface area contributed by atoms with Crippen molar-refractivity contribution in [1.82, 2.24) is 10.6 Å². The van der Waals surface area contributed by atoms with Crippen molar-refractivity contribution in [2.75, 3.05) is 19.6 Å². The molecular formula is C15H21Cl3N2O2. The van der Waals surface area contributed by atoms with Gasteiger partial charge in [0, 0.05) is 28.6 Å². The molecule has 2 rings (SSSR count).